The molecule has 1 atom stereocenters. The monoisotopic (exact) mass is 353 g/mol. The van der Waals surface area contributed by atoms with Gasteiger partial charge in [-0.25, -0.2) is 0 Å². The lowest BCUT2D eigenvalue weighted by Crippen LogP contribution is -2.30. The van der Waals surface area contributed by atoms with Crippen molar-refractivity contribution in [2.24, 2.45) is 0 Å². The van der Waals surface area contributed by atoms with Crippen molar-refractivity contribution in [3.8, 4) is 0 Å². The smallest absolute Gasteiger partial charge is 0.233 e. The fourth-order valence-electron chi connectivity index (χ4n) is 3.59. The summed E-state index contributed by atoms with van der Waals surface area (Å²) in [6, 6.07) is 12.8. The molecule has 1 unspecified atom stereocenters. The molecule has 0 bridgehead atoms. The molecule has 25 heavy (non-hydrogen) atoms. The normalized spacial score (nSPS) is 20.5. The van der Waals surface area contributed by atoms with Crippen LogP contribution in [0.25, 0.3) is 0 Å². The van der Waals surface area contributed by atoms with Crippen LogP contribution >= 0.6 is 11.8 Å². The summed E-state index contributed by atoms with van der Waals surface area (Å²) in [6.45, 7) is 3.07. The lowest BCUT2D eigenvalue weighted by molar-refractivity contribution is -0.128. The van der Waals surface area contributed by atoms with E-state index in [9.17, 15) is 4.79 Å². The third kappa shape index (κ3) is 3.66. The van der Waals surface area contributed by atoms with Crippen molar-refractivity contribution in [1.82, 2.24) is 9.88 Å². The first-order valence-electron chi connectivity index (χ1n) is 8.96. The maximum absolute atomic E-state index is 12.3. The predicted molar refractivity (Wildman–Crippen MR) is 103 cm³/mol. The summed E-state index contributed by atoms with van der Waals surface area (Å²) in [5.41, 5.74) is 3.71. The number of pyridine rings is 1. The molecule has 0 radical (unpaired) electrons. The average molecular weight is 353 g/mol. The molecule has 0 N–H and O–H groups in total. The van der Waals surface area contributed by atoms with Crippen molar-refractivity contribution in [2.45, 2.75) is 24.6 Å². The van der Waals surface area contributed by atoms with E-state index in [1.54, 1.807) is 18.0 Å². The third-order valence-electron chi connectivity index (χ3n) is 4.98. The van der Waals surface area contributed by atoms with Crippen molar-refractivity contribution >= 4 is 23.4 Å². The Balaban J connectivity index is 1.45. The van der Waals surface area contributed by atoms with E-state index in [-0.39, 0.29) is 11.3 Å². The second-order valence-electron chi connectivity index (χ2n) is 6.65. The highest BCUT2D eigenvalue weighted by molar-refractivity contribution is 8.00. The summed E-state index contributed by atoms with van der Waals surface area (Å²) < 4.78 is 0. The number of amides is 1. The molecular formula is C20H23N3OS. The zero-order valence-corrected chi connectivity index (χ0v) is 15.1. The molecule has 1 amide bonds. The van der Waals surface area contributed by atoms with Crippen LogP contribution in [0.2, 0.25) is 0 Å². The number of rotatable bonds is 5. The van der Waals surface area contributed by atoms with E-state index in [2.05, 4.69) is 40.2 Å². The van der Waals surface area contributed by atoms with E-state index < -0.39 is 0 Å². The van der Waals surface area contributed by atoms with E-state index >= 15 is 0 Å². The molecule has 4 nitrogen and oxygen atoms in total. The van der Waals surface area contributed by atoms with Gasteiger partial charge in [0.15, 0.2) is 0 Å². The van der Waals surface area contributed by atoms with Crippen LogP contribution in [0, 0.1) is 0 Å². The minimum atomic E-state index is 0.136. The Kier molecular flexibility index (Phi) is 4.92. The molecule has 0 aliphatic carbocycles. The summed E-state index contributed by atoms with van der Waals surface area (Å²) in [6.07, 6.45) is 7.09. The van der Waals surface area contributed by atoms with Crippen LogP contribution in [-0.2, 0) is 11.2 Å². The number of carbonyl (C=O) groups excluding carboxylic acids is 1. The number of thioether (sulfide) groups is 1. The first kappa shape index (κ1) is 16.5. The molecule has 2 aliphatic rings. The Hall–Kier alpha value is -2.01. The molecule has 0 spiro atoms. The van der Waals surface area contributed by atoms with Crippen LogP contribution in [-0.4, -0.2) is 41.2 Å². The highest BCUT2D eigenvalue weighted by Gasteiger charge is 2.32. The van der Waals surface area contributed by atoms with Crippen LogP contribution in [0.5, 0.6) is 0 Å². The van der Waals surface area contributed by atoms with Gasteiger partial charge in [-0.1, -0.05) is 18.2 Å². The molecule has 4 rings (SSSR count). The molecule has 2 aliphatic heterocycles. The van der Waals surface area contributed by atoms with E-state index in [0.717, 1.165) is 26.1 Å². The van der Waals surface area contributed by atoms with Gasteiger partial charge in [0.25, 0.3) is 0 Å². The zero-order chi connectivity index (χ0) is 17.1. The minimum absolute atomic E-state index is 0.136. The van der Waals surface area contributed by atoms with Gasteiger partial charge in [-0.15, -0.1) is 11.8 Å². The first-order chi connectivity index (χ1) is 12.3. The standard InChI is InChI=1S/C20H23N3OS/c24-19-15-25-20(23(19)13-9-16-4-3-10-21-14-16)17-5-7-18(8-6-17)22-11-1-2-12-22/h3-8,10,14,20H,1-2,9,11-13,15H2. The largest absolute Gasteiger partial charge is 0.372 e. The van der Waals surface area contributed by atoms with Gasteiger partial charge in [-0.3, -0.25) is 9.78 Å². The number of benzene rings is 1. The molecule has 5 heteroatoms. The van der Waals surface area contributed by atoms with Crippen molar-refractivity contribution in [2.75, 3.05) is 30.3 Å². The Morgan fingerprint density at radius 2 is 1.92 bits per heavy atom. The van der Waals surface area contributed by atoms with Gasteiger partial charge in [0.05, 0.1) is 5.75 Å². The molecule has 2 saturated heterocycles. The lowest BCUT2D eigenvalue weighted by Gasteiger charge is -2.25. The number of anilines is 1. The van der Waals surface area contributed by atoms with Gasteiger partial charge in [0.2, 0.25) is 5.91 Å². The minimum Gasteiger partial charge on any atom is -0.372 e. The fourth-order valence-corrected chi connectivity index (χ4v) is 4.81. The maximum atomic E-state index is 12.3. The third-order valence-corrected chi connectivity index (χ3v) is 6.24. The van der Waals surface area contributed by atoms with Crippen molar-refractivity contribution in [1.29, 1.82) is 0 Å². The Bertz CT molecular complexity index is 713. The van der Waals surface area contributed by atoms with Crippen LogP contribution in [0.4, 0.5) is 5.69 Å². The predicted octanol–water partition coefficient (Wildman–Crippen LogP) is 3.50. The quantitative estimate of drug-likeness (QED) is 0.824. The molecule has 3 heterocycles. The lowest BCUT2D eigenvalue weighted by atomic mass is 10.1. The zero-order valence-electron chi connectivity index (χ0n) is 14.3. The summed E-state index contributed by atoms with van der Waals surface area (Å²) >= 11 is 1.73. The van der Waals surface area contributed by atoms with E-state index in [1.807, 2.05) is 17.2 Å². The van der Waals surface area contributed by atoms with Gasteiger partial charge in [-0.05, 0) is 48.6 Å². The summed E-state index contributed by atoms with van der Waals surface area (Å²) in [4.78, 5) is 21.0. The van der Waals surface area contributed by atoms with Crippen molar-refractivity contribution in [3.05, 3.63) is 59.9 Å². The van der Waals surface area contributed by atoms with Gasteiger partial charge < -0.3 is 9.80 Å². The average Bonchev–Trinajstić information content (AvgIpc) is 3.31. The van der Waals surface area contributed by atoms with Gasteiger partial charge >= 0.3 is 0 Å². The van der Waals surface area contributed by atoms with Gasteiger partial charge in [0, 0.05) is 37.7 Å². The van der Waals surface area contributed by atoms with Crippen molar-refractivity contribution in [3.63, 3.8) is 0 Å². The first-order valence-corrected chi connectivity index (χ1v) is 10.0. The fraction of sp³-hybridized carbons (Fsp3) is 0.400. The van der Waals surface area contributed by atoms with Gasteiger partial charge in [0.1, 0.15) is 5.37 Å². The van der Waals surface area contributed by atoms with E-state index in [1.165, 1.54) is 29.7 Å². The van der Waals surface area contributed by atoms with Crippen molar-refractivity contribution < 1.29 is 4.79 Å². The van der Waals surface area contributed by atoms with Crippen LogP contribution in [0.3, 0.4) is 0 Å². The summed E-state index contributed by atoms with van der Waals surface area (Å²) in [7, 11) is 0. The summed E-state index contributed by atoms with van der Waals surface area (Å²) in [5.74, 6) is 0.813. The Labute approximate surface area is 153 Å². The number of hydrogen-bond donors (Lipinski definition) is 0. The highest BCUT2D eigenvalue weighted by Crippen LogP contribution is 2.39. The molecule has 2 aromatic rings. The molecule has 0 saturated carbocycles. The van der Waals surface area contributed by atoms with Crippen LogP contribution in [0.15, 0.2) is 48.8 Å². The van der Waals surface area contributed by atoms with E-state index in [4.69, 9.17) is 0 Å². The van der Waals surface area contributed by atoms with Gasteiger partial charge in [-0.2, -0.15) is 0 Å². The van der Waals surface area contributed by atoms with Crippen LogP contribution < -0.4 is 4.90 Å². The SMILES string of the molecule is O=C1CSC(c2ccc(N3CCCC3)cc2)N1CCc1cccnc1. The van der Waals surface area contributed by atoms with E-state index in [0.29, 0.717) is 5.75 Å². The second kappa shape index (κ2) is 7.48. The number of aromatic nitrogens is 1. The maximum Gasteiger partial charge on any atom is 0.233 e. The number of carbonyl (C=O) groups is 1. The topological polar surface area (TPSA) is 36.4 Å². The number of nitrogens with zero attached hydrogens (tertiary/aromatic N) is 3. The van der Waals surface area contributed by atoms with Crippen LogP contribution in [0.1, 0.15) is 29.3 Å². The Morgan fingerprint density at radius 1 is 1.12 bits per heavy atom. The molecular weight excluding hydrogens is 330 g/mol. The molecule has 1 aromatic heterocycles. The summed E-state index contributed by atoms with van der Waals surface area (Å²) in [5, 5.41) is 0.136. The highest BCUT2D eigenvalue weighted by atomic mass is 32.2. The Morgan fingerprint density at radius 3 is 2.64 bits per heavy atom. The number of hydrogen-bond acceptors (Lipinski definition) is 4. The molecule has 1 aromatic carbocycles. The molecule has 2 fully saturated rings. The second-order valence-corrected chi connectivity index (χ2v) is 7.72. The molecule has 130 valence electrons.